The lowest BCUT2D eigenvalue weighted by atomic mass is 10.0. The lowest BCUT2D eigenvalue weighted by molar-refractivity contribution is 0.0953. The SMILES string of the molecule is Cc1ccc(C(C)C)c(OCCn2c(CCCNC(=O)c3ccc(Cl)cc3)nc3ccccc32)c1. The summed E-state index contributed by atoms with van der Waals surface area (Å²) in [5, 5.41) is 3.60. The van der Waals surface area contributed by atoms with Crippen LogP contribution in [0.3, 0.4) is 0 Å². The minimum Gasteiger partial charge on any atom is -0.491 e. The van der Waals surface area contributed by atoms with Crippen molar-refractivity contribution < 1.29 is 9.53 Å². The van der Waals surface area contributed by atoms with Crippen molar-refractivity contribution in [3.05, 3.63) is 94.3 Å². The van der Waals surface area contributed by atoms with Crippen molar-refractivity contribution in [2.45, 2.75) is 46.1 Å². The highest BCUT2D eigenvalue weighted by Gasteiger charge is 2.13. The smallest absolute Gasteiger partial charge is 0.251 e. The van der Waals surface area contributed by atoms with E-state index in [1.54, 1.807) is 24.3 Å². The van der Waals surface area contributed by atoms with E-state index in [9.17, 15) is 4.79 Å². The third kappa shape index (κ3) is 6.23. The number of benzene rings is 3. The monoisotopic (exact) mass is 489 g/mol. The van der Waals surface area contributed by atoms with Crippen LogP contribution in [0.5, 0.6) is 5.75 Å². The molecule has 35 heavy (non-hydrogen) atoms. The zero-order valence-electron chi connectivity index (χ0n) is 20.6. The van der Waals surface area contributed by atoms with E-state index in [-0.39, 0.29) is 5.91 Å². The van der Waals surface area contributed by atoms with Gasteiger partial charge in [-0.3, -0.25) is 4.79 Å². The molecule has 4 rings (SSSR count). The Hall–Kier alpha value is -3.31. The predicted octanol–water partition coefficient (Wildman–Crippen LogP) is 6.56. The first kappa shape index (κ1) is 24.8. The first-order chi connectivity index (χ1) is 16.9. The molecule has 0 aliphatic rings. The van der Waals surface area contributed by atoms with Crippen molar-refractivity contribution in [1.82, 2.24) is 14.9 Å². The minimum absolute atomic E-state index is 0.0947. The van der Waals surface area contributed by atoms with Gasteiger partial charge in [0, 0.05) is 23.6 Å². The average molecular weight is 490 g/mol. The van der Waals surface area contributed by atoms with Gasteiger partial charge in [0.15, 0.2) is 0 Å². The topological polar surface area (TPSA) is 56.1 Å². The molecule has 0 saturated heterocycles. The van der Waals surface area contributed by atoms with Crippen molar-refractivity contribution in [1.29, 1.82) is 0 Å². The Balaban J connectivity index is 1.39. The first-order valence-corrected chi connectivity index (χ1v) is 12.5. The molecule has 0 radical (unpaired) electrons. The van der Waals surface area contributed by atoms with Gasteiger partial charge in [0.05, 0.1) is 17.6 Å². The number of imidazole rings is 1. The maximum Gasteiger partial charge on any atom is 0.251 e. The summed E-state index contributed by atoms with van der Waals surface area (Å²) in [6, 6.07) is 21.5. The number of fused-ring (bicyclic) bond motifs is 1. The van der Waals surface area contributed by atoms with Crippen LogP contribution in [-0.2, 0) is 13.0 Å². The van der Waals surface area contributed by atoms with Gasteiger partial charge in [-0.05, 0) is 72.9 Å². The van der Waals surface area contributed by atoms with Gasteiger partial charge >= 0.3 is 0 Å². The van der Waals surface area contributed by atoms with Crippen molar-refractivity contribution in [3.8, 4) is 5.75 Å². The minimum atomic E-state index is -0.0947. The molecule has 1 N–H and O–H groups in total. The molecule has 0 saturated carbocycles. The number of ether oxygens (including phenoxy) is 1. The van der Waals surface area contributed by atoms with Gasteiger partial charge in [0.25, 0.3) is 5.91 Å². The number of amides is 1. The van der Waals surface area contributed by atoms with Gasteiger partial charge in [-0.2, -0.15) is 0 Å². The fourth-order valence-electron chi connectivity index (χ4n) is 4.21. The Morgan fingerprint density at radius 3 is 2.63 bits per heavy atom. The largest absolute Gasteiger partial charge is 0.491 e. The zero-order chi connectivity index (χ0) is 24.8. The van der Waals surface area contributed by atoms with E-state index in [1.165, 1.54) is 11.1 Å². The molecule has 0 bridgehead atoms. The standard InChI is InChI=1S/C29H32ClN3O2/c1-20(2)24-15-10-21(3)19-27(24)35-18-17-33-26-8-5-4-7-25(26)32-28(33)9-6-16-31-29(34)22-11-13-23(30)14-12-22/h4-5,7-8,10-15,19-20H,6,9,16-18H2,1-3H3,(H,31,34). The van der Waals surface area contributed by atoms with Crippen LogP contribution in [0.1, 0.15) is 53.5 Å². The molecule has 6 heteroatoms. The van der Waals surface area contributed by atoms with Crippen LogP contribution < -0.4 is 10.1 Å². The zero-order valence-corrected chi connectivity index (χ0v) is 21.3. The molecule has 5 nitrogen and oxygen atoms in total. The molecular formula is C29H32ClN3O2. The fourth-order valence-corrected chi connectivity index (χ4v) is 4.33. The van der Waals surface area contributed by atoms with Crippen LogP contribution in [0.2, 0.25) is 5.02 Å². The van der Waals surface area contributed by atoms with Crippen molar-refractivity contribution in [2.75, 3.05) is 13.2 Å². The number of rotatable bonds is 10. The second kappa shape index (κ2) is 11.4. The summed E-state index contributed by atoms with van der Waals surface area (Å²) in [5.41, 5.74) is 5.10. The van der Waals surface area contributed by atoms with E-state index in [4.69, 9.17) is 21.3 Å². The Bertz CT molecular complexity index is 1300. The molecule has 3 aromatic carbocycles. The molecule has 1 heterocycles. The number of para-hydroxylation sites is 2. The highest BCUT2D eigenvalue weighted by Crippen LogP contribution is 2.27. The molecule has 0 aliphatic heterocycles. The Morgan fingerprint density at radius 2 is 1.86 bits per heavy atom. The number of nitrogens with one attached hydrogen (secondary N) is 1. The van der Waals surface area contributed by atoms with Crippen molar-refractivity contribution in [2.24, 2.45) is 0 Å². The normalized spacial score (nSPS) is 11.2. The van der Waals surface area contributed by atoms with E-state index in [1.807, 2.05) is 18.2 Å². The summed E-state index contributed by atoms with van der Waals surface area (Å²) in [6.45, 7) is 8.30. The summed E-state index contributed by atoms with van der Waals surface area (Å²) in [4.78, 5) is 17.2. The van der Waals surface area contributed by atoms with Crippen LogP contribution in [0, 0.1) is 6.92 Å². The van der Waals surface area contributed by atoms with Gasteiger partial charge in [0.1, 0.15) is 18.2 Å². The Morgan fingerprint density at radius 1 is 1.09 bits per heavy atom. The summed E-state index contributed by atoms with van der Waals surface area (Å²) >= 11 is 5.91. The molecule has 182 valence electrons. The lowest BCUT2D eigenvalue weighted by Crippen LogP contribution is -2.25. The van der Waals surface area contributed by atoms with Gasteiger partial charge in [0.2, 0.25) is 0 Å². The molecule has 0 spiro atoms. The second-order valence-electron chi connectivity index (χ2n) is 9.08. The van der Waals surface area contributed by atoms with E-state index in [2.05, 4.69) is 54.9 Å². The summed E-state index contributed by atoms with van der Waals surface area (Å²) in [7, 11) is 0. The first-order valence-electron chi connectivity index (χ1n) is 12.1. The number of hydrogen-bond acceptors (Lipinski definition) is 3. The number of aromatic nitrogens is 2. The molecule has 0 fully saturated rings. The van der Waals surface area contributed by atoms with E-state index < -0.39 is 0 Å². The molecule has 0 aliphatic carbocycles. The molecular weight excluding hydrogens is 458 g/mol. The van der Waals surface area contributed by atoms with Crippen molar-refractivity contribution in [3.63, 3.8) is 0 Å². The van der Waals surface area contributed by atoms with Crippen LogP contribution in [0.25, 0.3) is 11.0 Å². The van der Waals surface area contributed by atoms with Crippen molar-refractivity contribution >= 4 is 28.5 Å². The van der Waals surface area contributed by atoms with Crippen LogP contribution >= 0.6 is 11.6 Å². The number of carbonyl (C=O) groups is 1. The maximum absolute atomic E-state index is 12.4. The fraction of sp³-hybridized carbons (Fsp3) is 0.310. The maximum atomic E-state index is 12.4. The highest BCUT2D eigenvalue weighted by molar-refractivity contribution is 6.30. The third-order valence-corrected chi connectivity index (χ3v) is 6.32. The average Bonchev–Trinajstić information content (AvgIpc) is 3.19. The van der Waals surface area contributed by atoms with E-state index in [0.717, 1.165) is 35.4 Å². The number of carbonyl (C=O) groups excluding carboxylic acids is 1. The summed E-state index contributed by atoms with van der Waals surface area (Å²) < 4.78 is 8.49. The van der Waals surface area contributed by atoms with Gasteiger partial charge < -0.3 is 14.6 Å². The molecule has 0 atom stereocenters. The second-order valence-corrected chi connectivity index (χ2v) is 9.52. The van der Waals surface area contributed by atoms with Crippen LogP contribution in [0.4, 0.5) is 0 Å². The Labute approximate surface area is 212 Å². The van der Waals surface area contributed by atoms with Gasteiger partial charge in [-0.1, -0.05) is 49.7 Å². The lowest BCUT2D eigenvalue weighted by Gasteiger charge is -2.16. The molecule has 1 aromatic heterocycles. The highest BCUT2D eigenvalue weighted by atomic mass is 35.5. The van der Waals surface area contributed by atoms with Crippen LogP contribution in [-0.4, -0.2) is 28.6 Å². The number of aryl methyl sites for hydroxylation is 2. The quantitative estimate of drug-likeness (QED) is 0.256. The van der Waals surface area contributed by atoms with E-state index in [0.29, 0.717) is 36.2 Å². The number of hydrogen-bond donors (Lipinski definition) is 1. The summed E-state index contributed by atoms with van der Waals surface area (Å²) in [5.74, 6) is 2.26. The summed E-state index contributed by atoms with van der Waals surface area (Å²) in [6.07, 6.45) is 1.55. The predicted molar refractivity (Wildman–Crippen MR) is 143 cm³/mol. The van der Waals surface area contributed by atoms with E-state index >= 15 is 0 Å². The van der Waals surface area contributed by atoms with Gasteiger partial charge in [-0.15, -0.1) is 0 Å². The third-order valence-electron chi connectivity index (χ3n) is 6.07. The Kier molecular flexibility index (Phi) is 8.09. The molecule has 4 aromatic rings. The molecule has 0 unspecified atom stereocenters. The number of nitrogens with zero attached hydrogens (tertiary/aromatic N) is 2. The number of halogens is 1. The van der Waals surface area contributed by atoms with Crippen LogP contribution in [0.15, 0.2) is 66.7 Å². The molecule has 1 amide bonds. The van der Waals surface area contributed by atoms with Gasteiger partial charge in [-0.25, -0.2) is 4.98 Å².